The zero-order chi connectivity index (χ0) is 15.4. The molecule has 3 heteroatoms. The van der Waals surface area contributed by atoms with Gasteiger partial charge >= 0.3 is 0 Å². The molecule has 1 aliphatic rings. The molecule has 1 aromatic rings. The largest absolute Gasteiger partial charge is 0.494 e. The van der Waals surface area contributed by atoms with Crippen LogP contribution in [-0.4, -0.2) is 14.2 Å². The van der Waals surface area contributed by atoms with Gasteiger partial charge in [-0.1, -0.05) is 26.0 Å². The smallest absolute Gasteiger partial charge is 0.169 e. The number of nitrogens with one attached hydrogen (secondary N) is 1. The number of hydrogen-bond donors (Lipinski definition) is 1. The summed E-state index contributed by atoms with van der Waals surface area (Å²) >= 11 is 0. The molecule has 1 atom stereocenters. The van der Waals surface area contributed by atoms with E-state index in [4.69, 9.17) is 4.74 Å². The first-order valence-corrected chi connectivity index (χ1v) is 8.08. The van der Waals surface area contributed by atoms with Crippen LogP contribution in [0, 0.1) is 23.6 Å². The van der Waals surface area contributed by atoms with Gasteiger partial charge in [0.25, 0.3) is 0 Å². The first-order valence-electron chi connectivity index (χ1n) is 8.08. The van der Waals surface area contributed by atoms with E-state index < -0.39 is 0 Å². The minimum Gasteiger partial charge on any atom is -0.494 e. The van der Waals surface area contributed by atoms with E-state index in [9.17, 15) is 4.39 Å². The zero-order valence-corrected chi connectivity index (χ0v) is 13.7. The maximum absolute atomic E-state index is 14.5. The summed E-state index contributed by atoms with van der Waals surface area (Å²) in [6, 6.07) is 5.52. The van der Waals surface area contributed by atoms with Gasteiger partial charge < -0.3 is 10.1 Å². The molecule has 21 heavy (non-hydrogen) atoms. The lowest BCUT2D eigenvalue weighted by Crippen LogP contribution is -2.30. The quantitative estimate of drug-likeness (QED) is 0.859. The molecular weight excluding hydrogens is 265 g/mol. The van der Waals surface area contributed by atoms with Crippen LogP contribution in [0.2, 0.25) is 0 Å². The molecule has 1 saturated carbocycles. The standard InChI is InChI=1S/C18H28FNO/c1-12(2)13-8-10-14(11-9-13)18(20-3)15-6-5-7-16(21-4)17(15)19/h5-7,12-14,18,20H,8-11H2,1-4H3. The molecule has 2 nitrogen and oxygen atoms in total. The van der Waals surface area contributed by atoms with Crippen molar-refractivity contribution in [3.8, 4) is 5.75 Å². The van der Waals surface area contributed by atoms with Crippen LogP contribution in [0.4, 0.5) is 4.39 Å². The molecule has 0 bridgehead atoms. The highest BCUT2D eigenvalue weighted by Crippen LogP contribution is 2.40. The third kappa shape index (κ3) is 3.57. The Morgan fingerprint density at radius 2 is 1.76 bits per heavy atom. The number of methoxy groups -OCH3 is 1. The van der Waals surface area contributed by atoms with Crippen LogP contribution in [0.1, 0.15) is 51.1 Å². The van der Waals surface area contributed by atoms with E-state index in [2.05, 4.69) is 19.2 Å². The van der Waals surface area contributed by atoms with Crippen LogP contribution in [0.25, 0.3) is 0 Å². The van der Waals surface area contributed by atoms with Gasteiger partial charge in [0.15, 0.2) is 11.6 Å². The van der Waals surface area contributed by atoms with Crippen LogP contribution in [0.5, 0.6) is 5.75 Å². The van der Waals surface area contributed by atoms with Crippen molar-refractivity contribution in [2.24, 2.45) is 17.8 Å². The van der Waals surface area contributed by atoms with E-state index in [-0.39, 0.29) is 11.9 Å². The second kappa shape index (κ2) is 7.26. The maximum atomic E-state index is 14.5. The van der Waals surface area contributed by atoms with Gasteiger partial charge in [-0.25, -0.2) is 4.39 Å². The number of halogens is 1. The molecule has 0 amide bonds. The Balaban J connectivity index is 2.14. The molecule has 1 unspecified atom stereocenters. The van der Waals surface area contributed by atoms with Gasteiger partial charge in [-0.3, -0.25) is 0 Å². The molecule has 2 rings (SSSR count). The summed E-state index contributed by atoms with van der Waals surface area (Å²) in [5.74, 6) is 2.21. The average molecular weight is 293 g/mol. The van der Waals surface area contributed by atoms with Crippen LogP contribution in [0.15, 0.2) is 18.2 Å². The molecule has 0 aliphatic heterocycles. The Kier molecular flexibility index (Phi) is 5.63. The monoisotopic (exact) mass is 293 g/mol. The van der Waals surface area contributed by atoms with Crippen LogP contribution < -0.4 is 10.1 Å². The van der Waals surface area contributed by atoms with E-state index in [0.717, 1.165) is 17.4 Å². The SMILES string of the molecule is CNC(c1cccc(OC)c1F)C1CCC(C(C)C)CC1. The second-order valence-corrected chi connectivity index (χ2v) is 6.55. The summed E-state index contributed by atoms with van der Waals surface area (Å²) in [7, 11) is 3.45. The molecule has 1 fully saturated rings. The van der Waals surface area contributed by atoms with Gasteiger partial charge in [-0.15, -0.1) is 0 Å². The fraction of sp³-hybridized carbons (Fsp3) is 0.667. The van der Waals surface area contributed by atoms with Crippen molar-refractivity contribution >= 4 is 0 Å². The van der Waals surface area contributed by atoms with Gasteiger partial charge in [-0.05, 0) is 56.6 Å². The number of rotatable bonds is 5. The van der Waals surface area contributed by atoms with E-state index in [1.807, 2.05) is 19.2 Å². The molecule has 1 aromatic carbocycles. The van der Waals surface area contributed by atoms with Crippen molar-refractivity contribution in [1.82, 2.24) is 5.32 Å². The summed E-state index contributed by atoms with van der Waals surface area (Å²) in [6.07, 6.45) is 4.86. The Bertz CT molecular complexity index is 453. The Labute approximate surface area is 128 Å². The topological polar surface area (TPSA) is 21.3 Å². The third-order valence-corrected chi connectivity index (χ3v) is 5.09. The maximum Gasteiger partial charge on any atom is 0.169 e. The van der Waals surface area contributed by atoms with Gasteiger partial charge in [0, 0.05) is 11.6 Å². The Morgan fingerprint density at radius 1 is 1.14 bits per heavy atom. The zero-order valence-electron chi connectivity index (χ0n) is 13.7. The molecular formula is C18H28FNO. The van der Waals surface area contributed by atoms with E-state index >= 15 is 0 Å². The van der Waals surface area contributed by atoms with Gasteiger partial charge in [-0.2, -0.15) is 0 Å². The Hall–Kier alpha value is -1.09. The van der Waals surface area contributed by atoms with Crippen molar-refractivity contribution in [2.75, 3.05) is 14.2 Å². The molecule has 0 saturated heterocycles. The van der Waals surface area contributed by atoms with Crippen molar-refractivity contribution in [3.63, 3.8) is 0 Å². The summed E-state index contributed by atoms with van der Waals surface area (Å²) in [4.78, 5) is 0. The molecule has 0 aromatic heterocycles. The lowest BCUT2D eigenvalue weighted by Gasteiger charge is -2.35. The first kappa shape index (κ1) is 16.3. The van der Waals surface area contributed by atoms with E-state index in [1.54, 1.807) is 6.07 Å². The summed E-state index contributed by atoms with van der Waals surface area (Å²) < 4.78 is 19.6. The van der Waals surface area contributed by atoms with Gasteiger partial charge in [0.1, 0.15) is 0 Å². The molecule has 1 aliphatic carbocycles. The number of benzene rings is 1. The Morgan fingerprint density at radius 3 is 2.29 bits per heavy atom. The number of hydrogen-bond acceptors (Lipinski definition) is 2. The molecule has 118 valence electrons. The highest BCUT2D eigenvalue weighted by Gasteiger charge is 2.30. The molecule has 0 radical (unpaired) electrons. The lowest BCUT2D eigenvalue weighted by molar-refractivity contribution is 0.190. The predicted molar refractivity (Wildman–Crippen MR) is 85.0 cm³/mol. The fourth-order valence-corrected chi connectivity index (χ4v) is 3.72. The van der Waals surface area contributed by atoms with Crippen LogP contribution in [0.3, 0.4) is 0 Å². The van der Waals surface area contributed by atoms with E-state index in [0.29, 0.717) is 11.7 Å². The van der Waals surface area contributed by atoms with Gasteiger partial charge in [0.05, 0.1) is 7.11 Å². The average Bonchev–Trinajstić information content (AvgIpc) is 2.50. The fourth-order valence-electron chi connectivity index (χ4n) is 3.72. The minimum absolute atomic E-state index is 0.0770. The van der Waals surface area contributed by atoms with Crippen LogP contribution in [-0.2, 0) is 0 Å². The predicted octanol–water partition coefficient (Wildman–Crippen LogP) is 4.56. The third-order valence-electron chi connectivity index (χ3n) is 5.09. The second-order valence-electron chi connectivity index (χ2n) is 6.55. The van der Waals surface area contributed by atoms with Crippen molar-refractivity contribution in [1.29, 1.82) is 0 Å². The normalized spacial score (nSPS) is 24.1. The summed E-state index contributed by atoms with van der Waals surface area (Å²) in [5.41, 5.74) is 0.741. The number of ether oxygens (including phenoxy) is 1. The van der Waals surface area contributed by atoms with Crippen molar-refractivity contribution in [3.05, 3.63) is 29.6 Å². The highest BCUT2D eigenvalue weighted by molar-refractivity contribution is 5.33. The van der Waals surface area contributed by atoms with Crippen molar-refractivity contribution < 1.29 is 9.13 Å². The highest BCUT2D eigenvalue weighted by atomic mass is 19.1. The van der Waals surface area contributed by atoms with Gasteiger partial charge in [0.2, 0.25) is 0 Å². The minimum atomic E-state index is -0.217. The summed E-state index contributed by atoms with van der Waals surface area (Å²) in [6.45, 7) is 4.62. The lowest BCUT2D eigenvalue weighted by atomic mass is 9.73. The van der Waals surface area contributed by atoms with Crippen molar-refractivity contribution in [2.45, 2.75) is 45.6 Å². The summed E-state index contributed by atoms with van der Waals surface area (Å²) in [5, 5.41) is 3.33. The molecule has 1 N–H and O–H groups in total. The van der Waals surface area contributed by atoms with Crippen LogP contribution >= 0.6 is 0 Å². The first-order chi connectivity index (χ1) is 10.1. The molecule has 0 spiro atoms. The molecule has 0 heterocycles. The van der Waals surface area contributed by atoms with E-state index in [1.165, 1.54) is 32.8 Å².